The van der Waals surface area contributed by atoms with Crippen LogP contribution in [0.4, 0.5) is 0 Å². The van der Waals surface area contributed by atoms with Gasteiger partial charge in [-0.1, -0.05) is 19.9 Å². The molecule has 18 heavy (non-hydrogen) atoms. The molecule has 0 amide bonds. The lowest BCUT2D eigenvalue weighted by Crippen LogP contribution is -2.43. The van der Waals surface area contributed by atoms with Crippen LogP contribution in [0.25, 0.3) is 5.52 Å². The Balaban J connectivity index is 0.000000292. The van der Waals surface area contributed by atoms with E-state index in [1.165, 1.54) is 7.06 Å². The van der Waals surface area contributed by atoms with E-state index in [4.69, 9.17) is 30.9 Å². The normalized spacial score (nSPS) is 8.33. The molecule has 9 radical (unpaired) electrons. The largest absolute Gasteiger partial charge is 0.241 e. The minimum atomic E-state index is -0.537. The summed E-state index contributed by atoms with van der Waals surface area (Å²) >= 11 is 0. The van der Waals surface area contributed by atoms with Crippen molar-refractivity contribution in [3.8, 4) is 0 Å². The summed E-state index contributed by atoms with van der Waals surface area (Å²) in [7, 11) is 21.6. The Morgan fingerprint density at radius 1 is 1.17 bits per heavy atom. The van der Waals surface area contributed by atoms with E-state index in [9.17, 15) is 0 Å². The standard InChI is InChI=1S/C7H6N2.C2H6.B7/c1-2-6-9-7(3-1)4-5-8-9;1-2;1-5-7(4)6(2)3/h1-6H;1-2H3;. The first-order valence-electron chi connectivity index (χ1n) is 5.85. The molecular weight excluding hydrogens is 212 g/mol. The molecule has 0 spiro atoms. The van der Waals surface area contributed by atoms with Crippen LogP contribution in [0.5, 0.6) is 0 Å². The highest BCUT2D eigenvalue weighted by molar-refractivity contribution is 7.81. The van der Waals surface area contributed by atoms with E-state index in [-0.39, 0.29) is 6.39 Å². The Morgan fingerprint density at radius 3 is 2.28 bits per heavy atom. The second-order valence-corrected chi connectivity index (χ2v) is 3.25. The van der Waals surface area contributed by atoms with Gasteiger partial charge in [-0.05, 0) is 18.2 Å². The monoisotopic (exact) mass is 225 g/mol. The summed E-state index contributed by atoms with van der Waals surface area (Å²) in [4.78, 5) is 0. The quantitative estimate of drug-likeness (QED) is 0.639. The van der Waals surface area contributed by atoms with Gasteiger partial charge in [-0.2, -0.15) is 5.10 Å². The van der Waals surface area contributed by atoms with Crippen LogP contribution in [0.15, 0.2) is 36.7 Å². The molecule has 0 bridgehead atoms. The molecule has 0 atom stereocenters. The fourth-order valence-electron chi connectivity index (χ4n) is 0.995. The highest BCUT2D eigenvalue weighted by atomic mass is 15.2. The molecule has 0 unspecified atom stereocenters. The number of pyridine rings is 1. The van der Waals surface area contributed by atoms with Gasteiger partial charge in [0.05, 0.1) is 5.52 Å². The van der Waals surface area contributed by atoms with Gasteiger partial charge >= 0.3 is 0 Å². The van der Waals surface area contributed by atoms with Gasteiger partial charge in [-0.3, -0.25) is 0 Å². The highest BCUT2D eigenvalue weighted by Gasteiger charge is 2.06. The van der Waals surface area contributed by atoms with Crippen LogP contribution in [-0.2, 0) is 0 Å². The smallest absolute Gasteiger partial charge is 0.0661 e. The van der Waals surface area contributed by atoms with Gasteiger partial charge in [0, 0.05) is 63.2 Å². The van der Waals surface area contributed by atoms with Crippen LogP contribution >= 0.6 is 0 Å². The number of hydrogen-bond acceptors (Lipinski definition) is 1. The van der Waals surface area contributed by atoms with E-state index in [0.717, 1.165) is 5.52 Å². The zero-order chi connectivity index (χ0) is 14.0. The molecule has 0 aliphatic heterocycles. The first-order valence-corrected chi connectivity index (χ1v) is 5.85. The topological polar surface area (TPSA) is 17.3 Å². The van der Waals surface area contributed by atoms with E-state index >= 15 is 0 Å². The summed E-state index contributed by atoms with van der Waals surface area (Å²) < 4.78 is 1.83. The maximum absolute atomic E-state index is 5.19. The van der Waals surface area contributed by atoms with E-state index in [2.05, 4.69) is 5.10 Å². The summed E-state index contributed by atoms with van der Waals surface area (Å²) in [6.07, 6.45) is 2.79. The maximum atomic E-state index is 5.19. The molecule has 0 aliphatic carbocycles. The van der Waals surface area contributed by atoms with Crippen LogP contribution in [0, 0.1) is 0 Å². The summed E-state index contributed by atoms with van der Waals surface area (Å²) in [5, 5.41) is 4.04. The molecule has 2 heterocycles. The van der Waals surface area contributed by atoms with Crippen molar-refractivity contribution in [2.75, 3.05) is 0 Å². The zero-order valence-corrected chi connectivity index (χ0v) is 10.9. The predicted octanol–water partition coefficient (Wildman–Crippen LogP) is -0.305. The second-order valence-electron chi connectivity index (χ2n) is 3.25. The number of aromatic nitrogens is 2. The second kappa shape index (κ2) is 10.1. The van der Waals surface area contributed by atoms with Crippen molar-refractivity contribution in [1.29, 1.82) is 0 Å². The van der Waals surface area contributed by atoms with Crippen LogP contribution in [0.2, 0.25) is 0 Å². The average Bonchev–Trinajstić information content (AvgIpc) is 2.89. The summed E-state index contributed by atoms with van der Waals surface area (Å²) in [5.74, 6) is 0. The number of nitrogens with zero attached hydrogens (tertiary/aromatic N) is 2. The SMILES string of the molecule is CC.[B][B]B([B])B([B])[B].c1ccn2nccc2c1. The Bertz CT molecular complexity index is 390. The lowest BCUT2D eigenvalue weighted by molar-refractivity contribution is 0.961. The molecule has 2 rings (SSSR count). The molecule has 0 saturated heterocycles. The van der Waals surface area contributed by atoms with E-state index in [1.807, 2.05) is 48.8 Å². The van der Waals surface area contributed by atoms with Gasteiger partial charge in [0.1, 0.15) is 0 Å². The molecule has 9 heteroatoms. The van der Waals surface area contributed by atoms with Crippen molar-refractivity contribution >= 4 is 56.3 Å². The first kappa shape index (κ1) is 17.1. The number of fused-ring (bicyclic) bond motifs is 1. The van der Waals surface area contributed by atoms with E-state index in [1.54, 1.807) is 6.20 Å². The highest BCUT2D eigenvalue weighted by Crippen LogP contribution is 1.98. The summed E-state index contributed by atoms with van der Waals surface area (Å²) in [6, 6.07) is 7.95. The van der Waals surface area contributed by atoms with Gasteiger partial charge < -0.3 is 0 Å². The minimum Gasteiger partial charge on any atom is -0.241 e. The zero-order valence-electron chi connectivity index (χ0n) is 10.9. The molecule has 2 aromatic rings. The third-order valence-electron chi connectivity index (χ3n) is 1.97. The Labute approximate surface area is 117 Å². The summed E-state index contributed by atoms with van der Waals surface area (Å²) in [5.41, 5.74) is 1.14. The van der Waals surface area contributed by atoms with E-state index < -0.39 is 6.39 Å². The van der Waals surface area contributed by atoms with Crippen molar-refractivity contribution < 1.29 is 0 Å². The summed E-state index contributed by atoms with van der Waals surface area (Å²) in [6.45, 7) is 4.00. The fourth-order valence-corrected chi connectivity index (χ4v) is 0.995. The number of rotatable bonds is 2. The van der Waals surface area contributed by atoms with Crippen LogP contribution < -0.4 is 0 Å². The third kappa shape index (κ3) is 6.18. The molecule has 0 aromatic carbocycles. The van der Waals surface area contributed by atoms with Gasteiger partial charge in [-0.25, -0.2) is 4.52 Å². The van der Waals surface area contributed by atoms with Gasteiger partial charge in [0.25, 0.3) is 0 Å². The van der Waals surface area contributed by atoms with Gasteiger partial charge in [-0.15, -0.1) is 0 Å². The molecule has 0 saturated carbocycles. The molecule has 0 N–H and O–H groups in total. The minimum absolute atomic E-state index is 0.389. The van der Waals surface area contributed by atoms with Crippen LogP contribution in [0.3, 0.4) is 0 Å². The van der Waals surface area contributed by atoms with Crippen LogP contribution in [-0.4, -0.2) is 60.4 Å². The van der Waals surface area contributed by atoms with Crippen molar-refractivity contribution in [2.45, 2.75) is 13.8 Å². The molecule has 2 aromatic heterocycles. The van der Waals surface area contributed by atoms with Crippen molar-refractivity contribution in [3.63, 3.8) is 0 Å². The predicted molar refractivity (Wildman–Crippen MR) is 86.8 cm³/mol. The lowest BCUT2D eigenvalue weighted by atomic mass is 8.76. The van der Waals surface area contributed by atoms with Gasteiger partial charge in [0.2, 0.25) is 0 Å². The first-order chi connectivity index (χ1) is 8.65. The Morgan fingerprint density at radius 2 is 1.83 bits per heavy atom. The third-order valence-corrected chi connectivity index (χ3v) is 1.97. The van der Waals surface area contributed by atoms with Crippen molar-refractivity contribution in [1.82, 2.24) is 9.61 Å². The molecular formula is C9H12B7N2. The fraction of sp³-hybridized carbons (Fsp3) is 0.222. The number of hydrogen-bond donors (Lipinski definition) is 0. The molecule has 2 nitrogen and oxygen atoms in total. The van der Waals surface area contributed by atoms with E-state index in [0.29, 0.717) is 0 Å². The molecule has 0 fully saturated rings. The average molecular weight is 224 g/mol. The van der Waals surface area contributed by atoms with Crippen molar-refractivity contribution in [3.05, 3.63) is 36.7 Å². The lowest BCUT2D eigenvalue weighted by Gasteiger charge is -2.05. The maximum Gasteiger partial charge on any atom is 0.0661 e. The molecule has 0 aliphatic rings. The molecule has 79 valence electrons. The van der Waals surface area contributed by atoms with Crippen molar-refractivity contribution in [2.24, 2.45) is 0 Å². The Kier molecular flexibility index (Phi) is 9.62. The van der Waals surface area contributed by atoms with Gasteiger partial charge in [0.15, 0.2) is 0 Å². The Hall–Kier alpha value is -0.855. The van der Waals surface area contributed by atoms with Crippen LogP contribution in [0.1, 0.15) is 13.8 Å².